The fraction of sp³-hybridized carbons (Fsp3) is 0.214. The zero-order chi connectivity index (χ0) is 11.4. The van der Waals surface area contributed by atoms with Crippen LogP contribution in [0.2, 0.25) is 0 Å². The van der Waals surface area contributed by atoms with Crippen molar-refractivity contribution in [3.8, 4) is 0 Å². The Hall–Kier alpha value is -1.83. The van der Waals surface area contributed by atoms with Crippen molar-refractivity contribution in [1.29, 1.82) is 0 Å². The fourth-order valence-corrected chi connectivity index (χ4v) is 1.88. The molecule has 0 spiro atoms. The van der Waals surface area contributed by atoms with Crippen LogP contribution in [0.15, 0.2) is 47.6 Å². The Morgan fingerprint density at radius 3 is 2.69 bits per heavy atom. The van der Waals surface area contributed by atoms with Gasteiger partial charge < -0.3 is 5.21 Å². The van der Waals surface area contributed by atoms with Crippen LogP contribution in [-0.2, 0) is 6.42 Å². The Balaban J connectivity index is 2.30. The lowest BCUT2D eigenvalue weighted by atomic mass is 10.00. The molecule has 0 aliphatic carbocycles. The van der Waals surface area contributed by atoms with Crippen molar-refractivity contribution in [2.24, 2.45) is 5.16 Å². The first-order chi connectivity index (χ1) is 7.81. The van der Waals surface area contributed by atoms with Crippen molar-refractivity contribution in [3.05, 3.63) is 48.0 Å². The first-order valence-corrected chi connectivity index (χ1v) is 5.45. The van der Waals surface area contributed by atoms with E-state index in [-0.39, 0.29) is 0 Å². The van der Waals surface area contributed by atoms with Gasteiger partial charge in [0.15, 0.2) is 0 Å². The molecule has 0 fully saturated rings. The Bertz CT molecular complexity index is 512. The average molecular weight is 213 g/mol. The Morgan fingerprint density at radius 1 is 1.12 bits per heavy atom. The van der Waals surface area contributed by atoms with Gasteiger partial charge in [0.1, 0.15) is 0 Å². The molecule has 2 heteroatoms. The van der Waals surface area contributed by atoms with E-state index < -0.39 is 0 Å². The van der Waals surface area contributed by atoms with Gasteiger partial charge in [-0.1, -0.05) is 47.6 Å². The van der Waals surface area contributed by atoms with Gasteiger partial charge in [-0.3, -0.25) is 0 Å². The van der Waals surface area contributed by atoms with Gasteiger partial charge in [-0.05, 0) is 36.1 Å². The molecule has 0 saturated carbocycles. The SMILES string of the molecule is C/C(CCc1cccc2ccccc12)=N\O. The van der Waals surface area contributed by atoms with Crippen molar-refractivity contribution in [3.63, 3.8) is 0 Å². The molecule has 0 unspecified atom stereocenters. The van der Waals surface area contributed by atoms with Crippen LogP contribution in [0.1, 0.15) is 18.9 Å². The predicted molar refractivity (Wildman–Crippen MR) is 67.2 cm³/mol. The number of rotatable bonds is 3. The third-order valence-corrected chi connectivity index (χ3v) is 2.81. The van der Waals surface area contributed by atoms with Crippen molar-refractivity contribution >= 4 is 16.5 Å². The van der Waals surface area contributed by atoms with Gasteiger partial charge in [-0.2, -0.15) is 0 Å². The lowest BCUT2D eigenvalue weighted by Crippen LogP contribution is -1.95. The van der Waals surface area contributed by atoms with Gasteiger partial charge in [0.05, 0.1) is 5.71 Å². The lowest BCUT2D eigenvalue weighted by Gasteiger charge is -2.05. The average Bonchev–Trinajstić information content (AvgIpc) is 2.35. The largest absolute Gasteiger partial charge is 0.411 e. The van der Waals surface area contributed by atoms with Gasteiger partial charge >= 0.3 is 0 Å². The molecule has 0 bridgehead atoms. The molecule has 2 aromatic carbocycles. The fourth-order valence-electron chi connectivity index (χ4n) is 1.88. The first-order valence-electron chi connectivity index (χ1n) is 5.45. The number of hydrogen-bond acceptors (Lipinski definition) is 2. The second-order valence-corrected chi connectivity index (χ2v) is 3.97. The van der Waals surface area contributed by atoms with Gasteiger partial charge in [0.2, 0.25) is 0 Å². The smallest absolute Gasteiger partial charge is 0.0543 e. The Labute approximate surface area is 95.2 Å². The van der Waals surface area contributed by atoms with E-state index in [0.717, 1.165) is 18.6 Å². The summed E-state index contributed by atoms with van der Waals surface area (Å²) in [6.07, 6.45) is 1.71. The highest BCUT2D eigenvalue weighted by Crippen LogP contribution is 2.19. The maximum atomic E-state index is 8.61. The van der Waals surface area contributed by atoms with Crippen LogP contribution < -0.4 is 0 Å². The molecule has 0 heterocycles. The highest BCUT2D eigenvalue weighted by molar-refractivity contribution is 5.87. The van der Waals surface area contributed by atoms with E-state index in [1.807, 2.05) is 13.0 Å². The van der Waals surface area contributed by atoms with Crippen LogP contribution in [-0.4, -0.2) is 10.9 Å². The van der Waals surface area contributed by atoms with Gasteiger partial charge in [0.25, 0.3) is 0 Å². The normalized spacial score (nSPS) is 11.9. The van der Waals surface area contributed by atoms with E-state index in [0.29, 0.717) is 0 Å². The summed E-state index contributed by atoms with van der Waals surface area (Å²) in [6, 6.07) is 14.7. The number of benzene rings is 2. The minimum Gasteiger partial charge on any atom is -0.411 e. The topological polar surface area (TPSA) is 32.6 Å². The van der Waals surface area contributed by atoms with E-state index in [1.165, 1.54) is 16.3 Å². The molecule has 0 radical (unpaired) electrons. The third-order valence-electron chi connectivity index (χ3n) is 2.81. The molecule has 0 aliphatic heterocycles. The predicted octanol–water partition coefficient (Wildman–Crippen LogP) is 3.62. The van der Waals surface area contributed by atoms with Crippen LogP contribution >= 0.6 is 0 Å². The molecule has 0 aliphatic rings. The monoisotopic (exact) mass is 213 g/mol. The van der Waals surface area contributed by atoms with E-state index in [9.17, 15) is 0 Å². The zero-order valence-corrected chi connectivity index (χ0v) is 9.35. The molecular weight excluding hydrogens is 198 g/mol. The minimum atomic E-state index is 0.771. The number of hydrogen-bond donors (Lipinski definition) is 1. The molecule has 16 heavy (non-hydrogen) atoms. The van der Waals surface area contributed by atoms with Crippen molar-refractivity contribution in [1.82, 2.24) is 0 Å². The van der Waals surface area contributed by atoms with E-state index >= 15 is 0 Å². The van der Waals surface area contributed by atoms with Crippen LogP contribution in [0.4, 0.5) is 0 Å². The third kappa shape index (κ3) is 2.22. The molecule has 1 N–H and O–H groups in total. The highest BCUT2D eigenvalue weighted by Gasteiger charge is 2.01. The van der Waals surface area contributed by atoms with E-state index in [4.69, 9.17) is 5.21 Å². The van der Waals surface area contributed by atoms with Crippen LogP contribution in [0.25, 0.3) is 10.8 Å². The number of aryl methyl sites for hydroxylation is 1. The van der Waals surface area contributed by atoms with Gasteiger partial charge in [-0.15, -0.1) is 0 Å². The maximum Gasteiger partial charge on any atom is 0.0543 e. The molecule has 0 amide bonds. The number of fused-ring (bicyclic) bond motifs is 1. The molecule has 0 aromatic heterocycles. The number of nitrogens with zero attached hydrogens (tertiary/aromatic N) is 1. The molecule has 82 valence electrons. The van der Waals surface area contributed by atoms with Gasteiger partial charge in [0, 0.05) is 0 Å². The summed E-state index contributed by atoms with van der Waals surface area (Å²) >= 11 is 0. The quantitative estimate of drug-likeness (QED) is 0.471. The zero-order valence-electron chi connectivity index (χ0n) is 9.35. The molecular formula is C14H15NO. The molecule has 0 saturated heterocycles. The summed E-state index contributed by atoms with van der Waals surface area (Å²) < 4.78 is 0. The van der Waals surface area contributed by atoms with Crippen molar-refractivity contribution in [2.45, 2.75) is 19.8 Å². The maximum absolute atomic E-state index is 8.61. The summed E-state index contributed by atoms with van der Waals surface area (Å²) in [6.45, 7) is 1.84. The second kappa shape index (κ2) is 4.79. The van der Waals surface area contributed by atoms with Crippen molar-refractivity contribution < 1.29 is 5.21 Å². The first kappa shape index (κ1) is 10.7. The molecule has 0 atom stereocenters. The van der Waals surface area contributed by atoms with E-state index in [2.05, 4.69) is 41.6 Å². The lowest BCUT2D eigenvalue weighted by molar-refractivity contribution is 0.317. The van der Waals surface area contributed by atoms with Crippen molar-refractivity contribution in [2.75, 3.05) is 0 Å². The molecule has 2 nitrogen and oxygen atoms in total. The standard InChI is InChI=1S/C14H15NO/c1-11(15-16)9-10-13-7-4-6-12-5-2-3-8-14(12)13/h2-8,16H,9-10H2,1H3/b15-11+. The number of oxime groups is 1. The second-order valence-electron chi connectivity index (χ2n) is 3.97. The highest BCUT2D eigenvalue weighted by atomic mass is 16.4. The van der Waals surface area contributed by atoms with Crippen LogP contribution in [0, 0.1) is 0 Å². The minimum absolute atomic E-state index is 0.771. The molecule has 2 aromatic rings. The molecule has 2 rings (SSSR count). The summed E-state index contributed by atoms with van der Waals surface area (Å²) in [4.78, 5) is 0. The Kier molecular flexibility index (Phi) is 3.20. The van der Waals surface area contributed by atoms with Crippen LogP contribution in [0.3, 0.4) is 0 Å². The van der Waals surface area contributed by atoms with Gasteiger partial charge in [-0.25, -0.2) is 0 Å². The van der Waals surface area contributed by atoms with E-state index in [1.54, 1.807) is 0 Å². The summed E-state index contributed by atoms with van der Waals surface area (Å²) in [7, 11) is 0. The Morgan fingerprint density at radius 2 is 1.88 bits per heavy atom. The van der Waals surface area contributed by atoms with Crippen LogP contribution in [0.5, 0.6) is 0 Å². The summed E-state index contributed by atoms with van der Waals surface area (Å²) in [5.74, 6) is 0. The summed E-state index contributed by atoms with van der Waals surface area (Å²) in [5, 5.41) is 14.4. The summed E-state index contributed by atoms with van der Waals surface area (Å²) in [5.41, 5.74) is 2.08.